The van der Waals surface area contributed by atoms with Crippen LogP contribution in [-0.2, 0) is 0 Å². The van der Waals surface area contributed by atoms with E-state index in [1.165, 1.54) is 11.1 Å². The first-order valence-corrected chi connectivity index (χ1v) is 5.08. The van der Waals surface area contributed by atoms with Gasteiger partial charge in [-0.15, -0.1) is 0 Å². The molecule has 1 heterocycles. The van der Waals surface area contributed by atoms with E-state index < -0.39 is 0 Å². The fraction of sp³-hybridized carbons (Fsp3) is 0.333. The van der Waals surface area contributed by atoms with Gasteiger partial charge in [-0.25, -0.2) is 0 Å². The average molecular weight is 204 g/mol. The molecule has 0 bridgehead atoms. The van der Waals surface area contributed by atoms with Gasteiger partial charge in [0.25, 0.3) is 0 Å². The van der Waals surface area contributed by atoms with E-state index in [1.54, 1.807) is 7.11 Å². The highest BCUT2D eigenvalue weighted by molar-refractivity contribution is 5.82. The monoisotopic (exact) mass is 204 g/mol. The van der Waals surface area contributed by atoms with Crippen molar-refractivity contribution in [1.29, 1.82) is 0 Å². The second kappa shape index (κ2) is 3.95. The van der Waals surface area contributed by atoms with Crippen LogP contribution in [0.4, 0.5) is 0 Å². The highest BCUT2D eigenvalue weighted by Gasteiger charge is 2.06. The van der Waals surface area contributed by atoms with Gasteiger partial charge >= 0.3 is 0 Å². The number of aromatic amines is 1. The summed E-state index contributed by atoms with van der Waals surface area (Å²) < 4.78 is 5.19. The Morgan fingerprint density at radius 3 is 2.80 bits per heavy atom. The number of hydrogen-bond acceptors (Lipinski definition) is 2. The number of benzene rings is 1. The van der Waals surface area contributed by atoms with Crippen LogP contribution in [0.25, 0.3) is 10.9 Å². The molecule has 2 N–H and O–H groups in total. The van der Waals surface area contributed by atoms with Crippen LogP contribution in [0.5, 0.6) is 5.75 Å². The van der Waals surface area contributed by atoms with Crippen LogP contribution in [0, 0.1) is 0 Å². The molecule has 2 aromatic rings. The molecule has 0 amide bonds. The van der Waals surface area contributed by atoms with Crippen LogP contribution >= 0.6 is 0 Å². The lowest BCUT2D eigenvalue weighted by molar-refractivity contribution is 0.415. The predicted octanol–water partition coefficient (Wildman–Crippen LogP) is 2.46. The first kappa shape index (κ1) is 10.1. The molecule has 0 aliphatic rings. The molecule has 1 aromatic heterocycles. The summed E-state index contributed by atoms with van der Waals surface area (Å²) in [4.78, 5) is 3.38. The Morgan fingerprint density at radius 1 is 1.33 bits per heavy atom. The van der Waals surface area contributed by atoms with Gasteiger partial charge in [0, 0.05) is 22.6 Å². The highest BCUT2D eigenvalue weighted by atomic mass is 16.5. The Morgan fingerprint density at radius 2 is 2.13 bits per heavy atom. The molecular weight excluding hydrogens is 188 g/mol. The second-order valence-electron chi connectivity index (χ2n) is 3.69. The average Bonchev–Trinajstić information content (AvgIpc) is 2.70. The summed E-state index contributed by atoms with van der Waals surface area (Å²) in [7, 11) is 3.64. The van der Waals surface area contributed by atoms with Gasteiger partial charge < -0.3 is 15.0 Å². The van der Waals surface area contributed by atoms with Crippen molar-refractivity contribution < 1.29 is 4.74 Å². The van der Waals surface area contributed by atoms with Crippen LogP contribution in [0.15, 0.2) is 24.3 Å². The molecule has 0 fully saturated rings. The maximum atomic E-state index is 5.19. The van der Waals surface area contributed by atoms with Crippen LogP contribution in [-0.4, -0.2) is 19.1 Å². The van der Waals surface area contributed by atoms with E-state index in [9.17, 15) is 0 Å². The molecule has 0 radical (unpaired) electrons. The number of aromatic nitrogens is 1. The fourth-order valence-electron chi connectivity index (χ4n) is 1.65. The van der Waals surface area contributed by atoms with E-state index in [4.69, 9.17) is 4.74 Å². The molecule has 1 aromatic carbocycles. The molecule has 2 rings (SSSR count). The maximum absolute atomic E-state index is 5.19. The SMILES string of the molecule is CNC(C)c1cc2cc(OC)ccc2[nH]1. The lowest BCUT2D eigenvalue weighted by atomic mass is 10.2. The van der Waals surface area contributed by atoms with Crippen LogP contribution in [0.1, 0.15) is 18.7 Å². The third-order valence-corrected chi connectivity index (χ3v) is 2.75. The summed E-state index contributed by atoms with van der Waals surface area (Å²) >= 11 is 0. The van der Waals surface area contributed by atoms with Crippen LogP contribution in [0.3, 0.4) is 0 Å². The predicted molar refractivity (Wildman–Crippen MR) is 62.3 cm³/mol. The van der Waals surface area contributed by atoms with Gasteiger partial charge in [0.05, 0.1) is 7.11 Å². The summed E-state index contributed by atoms with van der Waals surface area (Å²) in [6, 6.07) is 8.53. The summed E-state index contributed by atoms with van der Waals surface area (Å²) in [6.07, 6.45) is 0. The molecule has 1 unspecified atom stereocenters. The van der Waals surface area contributed by atoms with Gasteiger partial charge in [0.1, 0.15) is 5.75 Å². The van der Waals surface area contributed by atoms with E-state index in [2.05, 4.69) is 23.3 Å². The fourth-order valence-corrected chi connectivity index (χ4v) is 1.65. The summed E-state index contributed by atoms with van der Waals surface area (Å²) in [5.74, 6) is 0.894. The number of H-pyrrole nitrogens is 1. The lowest BCUT2D eigenvalue weighted by Gasteiger charge is -2.05. The molecule has 15 heavy (non-hydrogen) atoms. The quantitative estimate of drug-likeness (QED) is 0.805. The Labute approximate surface area is 89.4 Å². The Bertz CT molecular complexity index is 462. The van der Waals surface area contributed by atoms with Crippen LogP contribution in [0.2, 0.25) is 0 Å². The van der Waals surface area contributed by atoms with E-state index in [0.29, 0.717) is 6.04 Å². The van der Waals surface area contributed by atoms with Crippen molar-refractivity contribution in [1.82, 2.24) is 10.3 Å². The Kier molecular flexibility index (Phi) is 2.64. The van der Waals surface area contributed by atoms with E-state index in [-0.39, 0.29) is 0 Å². The van der Waals surface area contributed by atoms with Crippen molar-refractivity contribution in [3.8, 4) is 5.75 Å². The third kappa shape index (κ3) is 1.83. The number of methoxy groups -OCH3 is 1. The largest absolute Gasteiger partial charge is 0.497 e. The summed E-state index contributed by atoms with van der Waals surface area (Å²) in [5.41, 5.74) is 2.34. The van der Waals surface area contributed by atoms with E-state index >= 15 is 0 Å². The first-order chi connectivity index (χ1) is 7.24. The van der Waals surface area contributed by atoms with Gasteiger partial charge in [-0.2, -0.15) is 0 Å². The van der Waals surface area contributed by atoms with Crippen molar-refractivity contribution in [3.63, 3.8) is 0 Å². The Balaban J connectivity index is 2.46. The number of nitrogens with one attached hydrogen (secondary N) is 2. The number of ether oxygens (including phenoxy) is 1. The topological polar surface area (TPSA) is 37.0 Å². The Hall–Kier alpha value is -1.48. The van der Waals surface area contributed by atoms with Crippen molar-refractivity contribution in [2.75, 3.05) is 14.2 Å². The first-order valence-electron chi connectivity index (χ1n) is 5.08. The summed E-state index contributed by atoms with van der Waals surface area (Å²) in [5, 5.41) is 4.39. The number of rotatable bonds is 3. The molecule has 0 aliphatic heterocycles. The minimum Gasteiger partial charge on any atom is -0.497 e. The van der Waals surface area contributed by atoms with E-state index in [0.717, 1.165) is 11.3 Å². The maximum Gasteiger partial charge on any atom is 0.119 e. The van der Waals surface area contributed by atoms with Crippen molar-refractivity contribution in [2.24, 2.45) is 0 Å². The molecule has 3 nitrogen and oxygen atoms in total. The molecule has 0 saturated heterocycles. The van der Waals surface area contributed by atoms with Crippen molar-refractivity contribution >= 4 is 10.9 Å². The molecule has 3 heteroatoms. The summed E-state index contributed by atoms with van der Waals surface area (Å²) in [6.45, 7) is 2.13. The lowest BCUT2D eigenvalue weighted by Crippen LogP contribution is -2.12. The smallest absolute Gasteiger partial charge is 0.119 e. The zero-order valence-electron chi connectivity index (χ0n) is 9.29. The van der Waals surface area contributed by atoms with Gasteiger partial charge in [0.2, 0.25) is 0 Å². The number of fused-ring (bicyclic) bond motifs is 1. The molecule has 0 spiro atoms. The molecule has 1 atom stereocenters. The minimum atomic E-state index is 0.336. The zero-order chi connectivity index (χ0) is 10.8. The number of hydrogen-bond donors (Lipinski definition) is 2. The van der Waals surface area contributed by atoms with Crippen molar-refractivity contribution in [2.45, 2.75) is 13.0 Å². The van der Waals surface area contributed by atoms with E-state index in [1.807, 2.05) is 25.2 Å². The van der Waals surface area contributed by atoms with Gasteiger partial charge in [-0.05, 0) is 38.2 Å². The minimum absolute atomic E-state index is 0.336. The molecule has 80 valence electrons. The molecular formula is C12H16N2O. The standard InChI is InChI=1S/C12H16N2O/c1-8(13-2)12-7-9-6-10(15-3)4-5-11(9)14-12/h4-8,13-14H,1-3H3. The second-order valence-corrected chi connectivity index (χ2v) is 3.69. The zero-order valence-corrected chi connectivity index (χ0v) is 9.29. The van der Waals surface area contributed by atoms with Gasteiger partial charge in [-0.3, -0.25) is 0 Å². The molecule has 0 aliphatic carbocycles. The van der Waals surface area contributed by atoms with Gasteiger partial charge in [0.15, 0.2) is 0 Å². The van der Waals surface area contributed by atoms with Crippen LogP contribution < -0.4 is 10.1 Å². The molecule has 0 saturated carbocycles. The normalized spacial score (nSPS) is 13.0. The third-order valence-electron chi connectivity index (χ3n) is 2.75. The van der Waals surface area contributed by atoms with Crippen molar-refractivity contribution in [3.05, 3.63) is 30.0 Å². The highest BCUT2D eigenvalue weighted by Crippen LogP contribution is 2.23. The van der Waals surface area contributed by atoms with Gasteiger partial charge in [-0.1, -0.05) is 0 Å².